The summed E-state index contributed by atoms with van der Waals surface area (Å²) in [5, 5.41) is 11.9. The molecule has 0 saturated heterocycles. The molecule has 0 unspecified atom stereocenters. The van der Waals surface area contributed by atoms with E-state index >= 15 is 0 Å². The van der Waals surface area contributed by atoms with Crippen molar-refractivity contribution in [3.8, 4) is 11.4 Å². The molecule has 112 valence electrons. The number of rotatable bonds is 4. The number of thioether (sulfide) groups is 1. The zero-order chi connectivity index (χ0) is 15.5. The molecule has 2 heterocycles. The third-order valence-electron chi connectivity index (χ3n) is 2.60. The summed E-state index contributed by atoms with van der Waals surface area (Å²) in [6.07, 6.45) is 3.46. The number of carbonyl (C=O) groups is 1. The second-order valence-corrected chi connectivity index (χ2v) is 6.64. The lowest BCUT2D eigenvalue weighted by molar-refractivity contribution is -0.119. The number of pyridine rings is 1. The van der Waals surface area contributed by atoms with Crippen molar-refractivity contribution < 1.29 is 4.79 Å². The Morgan fingerprint density at radius 2 is 2.14 bits per heavy atom. The Hall–Kier alpha value is -1.89. The van der Waals surface area contributed by atoms with E-state index < -0.39 is 0 Å². The maximum absolute atomic E-state index is 11.8. The lowest BCUT2D eigenvalue weighted by Gasteiger charge is -2.20. The molecule has 2 rings (SSSR count). The van der Waals surface area contributed by atoms with Crippen molar-refractivity contribution in [1.29, 1.82) is 0 Å². The largest absolute Gasteiger partial charge is 0.351 e. The number of nitrogens with zero attached hydrogens (tertiary/aromatic N) is 4. The minimum atomic E-state index is -0.224. The molecule has 2 aromatic heterocycles. The van der Waals surface area contributed by atoms with Crippen molar-refractivity contribution in [1.82, 2.24) is 25.1 Å². The molecule has 0 bridgehead atoms. The fourth-order valence-electron chi connectivity index (χ4n) is 1.77. The van der Waals surface area contributed by atoms with Gasteiger partial charge in [0.15, 0.2) is 11.0 Å². The maximum Gasteiger partial charge on any atom is 0.230 e. The minimum Gasteiger partial charge on any atom is -0.351 e. The van der Waals surface area contributed by atoms with Gasteiger partial charge in [-0.15, -0.1) is 10.2 Å². The van der Waals surface area contributed by atoms with E-state index in [9.17, 15) is 4.79 Å². The highest BCUT2D eigenvalue weighted by molar-refractivity contribution is 7.99. The van der Waals surface area contributed by atoms with E-state index in [4.69, 9.17) is 0 Å². The van der Waals surface area contributed by atoms with Crippen molar-refractivity contribution >= 4 is 17.7 Å². The van der Waals surface area contributed by atoms with Gasteiger partial charge in [-0.25, -0.2) is 0 Å². The number of hydrogen-bond donors (Lipinski definition) is 1. The first kappa shape index (κ1) is 15.5. The van der Waals surface area contributed by atoms with Crippen LogP contribution in [0, 0.1) is 0 Å². The Kier molecular flexibility index (Phi) is 4.62. The van der Waals surface area contributed by atoms with Crippen molar-refractivity contribution in [2.75, 3.05) is 5.75 Å². The summed E-state index contributed by atoms with van der Waals surface area (Å²) in [5.41, 5.74) is 0.678. The van der Waals surface area contributed by atoms with Crippen LogP contribution >= 0.6 is 11.8 Å². The SMILES string of the molecule is Cn1c(SCC(=O)NC(C)(C)C)nnc1-c1cccnc1. The molecule has 0 aliphatic rings. The van der Waals surface area contributed by atoms with Crippen molar-refractivity contribution in [3.05, 3.63) is 24.5 Å². The first-order chi connectivity index (χ1) is 9.87. The van der Waals surface area contributed by atoms with Crippen LogP contribution in [0.2, 0.25) is 0 Å². The van der Waals surface area contributed by atoms with Gasteiger partial charge in [0, 0.05) is 30.5 Å². The van der Waals surface area contributed by atoms with E-state index in [0.717, 1.165) is 11.4 Å². The molecule has 0 aliphatic carbocycles. The van der Waals surface area contributed by atoms with Crippen LogP contribution in [-0.2, 0) is 11.8 Å². The second kappa shape index (κ2) is 6.26. The average Bonchev–Trinajstić information content (AvgIpc) is 2.77. The van der Waals surface area contributed by atoms with Crippen LogP contribution in [0.1, 0.15) is 20.8 Å². The summed E-state index contributed by atoms with van der Waals surface area (Å²) in [4.78, 5) is 15.9. The lowest BCUT2D eigenvalue weighted by Crippen LogP contribution is -2.41. The highest BCUT2D eigenvalue weighted by Crippen LogP contribution is 2.21. The third kappa shape index (κ3) is 4.29. The molecule has 1 amide bonds. The molecule has 0 atom stereocenters. The minimum absolute atomic E-state index is 0.0153. The van der Waals surface area contributed by atoms with Crippen LogP contribution < -0.4 is 5.32 Å². The van der Waals surface area contributed by atoms with Crippen LogP contribution in [0.15, 0.2) is 29.7 Å². The zero-order valence-electron chi connectivity index (χ0n) is 12.6. The van der Waals surface area contributed by atoms with Gasteiger partial charge >= 0.3 is 0 Å². The molecule has 0 radical (unpaired) electrons. The normalized spacial score (nSPS) is 11.4. The first-order valence-corrected chi connectivity index (χ1v) is 7.59. The predicted octanol–water partition coefficient (Wildman–Crippen LogP) is 1.88. The summed E-state index contributed by atoms with van der Waals surface area (Å²) in [7, 11) is 1.88. The van der Waals surface area contributed by atoms with Crippen LogP contribution in [0.25, 0.3) is 11.4 Å². The Labute approximate surface area is 128 Å². The smallest absolute Gasteiger partial charge is 0.230 e. The van der Waals surface area contributed by atoms with Crippen molar-refractivity contribution in [2.24, 2.45) is 7.05 Å². The van der Waals surface area contributed by atoms with Crippen molar-refractivity contribution in [2.45, 2.75) is 31.5 Å². The van der Waals surface area contributed by atoms with Crippen LogP contribution in [0.3, 0.4) is 0 Å². The number of hydrogen-bond acceptors (Lipinski definition) is 5. The summed E-state index contributed by atoms with van der Waals surface area (Å²) in [6.45, 7) is 5.87. The van der Waals surface area contributed by atoms with E-state index in [2.05, 4.69) is 20.5 Å². The van der Waals surface area contributed by atoms with Crippen molar-refractivity contribution in [3.63, 3.8) is 0 Å². The van der Waals surface area contributed by atoms with Gasteiger partial charge in [-0.2, -0.15) is 0 Å². The second-order valence-electron chi connectivity index (χ2n) is 5.69. The van der Waals surface area contributed by atoms with Gasteiger partial charge in [0.1, 0.15) is 0 Å². The van der Waals surface area contributed by atoms with Gasteiger partial charge in [-0.05, 0) is 32.9 Å². The number of aromatic nitrogens is 4. The quantitative estimate of drug-likeness (QED) is 0.873. The van der Waals surface area contributed by atoms with Gasteiger partial charge in [0.2, 0.25) is 5.91 Å². The van der Waals surface area contributed by atoms with E-state index in [-0.39, 0.29) is 11.4 Å². The van der Waals surface area contributed by atoms with E-state index in [1.54, 1.807) is 12.4 Å². The standard InChI is InChI=1S/C14H19N5OS/c1-14(2,3)16-11(20)9-21-13-18-17-12(19(13)4)10-6-5-7-15-8-10/h5-8H,9H2,1-4H3,(H,16,20). The van der Waals surface area contributed by atoms with E-state index in [0.29, 0.717) is 10.9 Å². The zero-order valence-corrected chi connectivity index (χ0v) is 13.4. The average molecular weight is 305 g/mol. The summed E-state index contributed by atoms with van der Waals surface area (Å²) in [6, 6.07) is 3.78. The van der Waals surface area contributed by atoms with Gasteiger partial charge < -0.3 is 9.88 Å². The molecular formula is C14H19N5OS. The van der Waals surface area contributed by atoms with Crippen LogP contribution in [0.5, 0.6) is 0 Å². The lowest BCUT2D eigenvalue weighted by atomic mass is 10.1. The van der Waals surface area contributed by atoms with Gasteiger partial charge in [-0.3, -0.25) is 9.78 Å². The molecule has 2 aromatic rings. The maximum atomic E-state index is 11.8. The van der Waals surface area contributed by atoms with Crippen LogP contribution in [0.4, 0.5) is 0 Å². The predicted molar refractivity (Wildman–Crippen MR) is 82.9 cm³/mol. The third-order valence-corrected chi connectivity index (χ3v) is 3.62. The molecule has 6 nitrogen and oxygen atoms in total. The summed E-state index contributed by atoms with van der Waals surface area (Å²) >= 11 is 1.37. The Morgan fingerprint density at radius 3 is 2.76 bits per heavy atom. The van der Waals surface area contributed by atoms with E-state index in [1.807, 2.05) is 44.5 Å². The molecule has 7 heteroatoms. The fourth-order valence-corrected chi connectivity index (χ4v) is 2.48. The molecule has 0 spiro atoms. The van der Waals surface area contributed by atoms with E-state index in [1.165, 1.54) is 11.8 Å². The molecular weight excluding hydrogens is 286 g/mol. The Balaban J connectivity index is 2.03. The highest BCUT2D eigenvalue weighted by Gasteiger charge is 2.16. The summed E-state index contributed by atoms with van der Waals surface area (Å²) < 4.78 is 1.87. The molecule has 0 aromatic carbocycles. The van der Waals surface area contributed by atoms with Gasteiger partial charge in [0.25, 0.3) is 0 Å². The molecule has 21 heavy (non-hydrogen) atoms. The topological polar surface area (TPSA) is 72.7 Å². The van der Waals surface area contributed by atoms with Crippen LogP contribution in [-0.4, -0.2) is 36.9 Å². The Morgan fingerprint density at radius 1 is 1.38 bits per heavy atom. The molecule has 0 fully saturated rings. The number of amides is 1. The van der Waals surface area contributed by atoms with Gasteiger partial charge in [0.05, 0.1) is 5.75 Å². The van der Waals surface area contributed by atoms with Gasteiger partial charge in [-0.1, -0.05) is 11.8 Å². The number of nitrogens with one attached hydrogen (secondary N) is 1. The summed E-state index contributed by atoms with van der Waals surface area (Å²) in [5.74, 6) is 1.04. The molecule has 1 N–H and O–H groups in total. The first-order valence-electron chi connectivity index (χ1n) is 6.60. The fraction of sp³-hybridized carbons (Fsp3) is 0.429. The number of carbonyl (C=O) groups excluding carboxylic acids is 1. The highest BCUT2D eigenvalue weighted by atomic mass is 32.2. The molecule has 0 aliphatic heterocycles. The Bertz CT molecular complexity index is 618. The monoisotopic (exact) mass is 305 g/mol. The molecule has 0 saturated carbocycles.